The minimum atomic E-state index is 0. The van der Waals surface area contributed by atoms with Gasteiger partial charge in [-0.2, -0.15) is 0 Å². The Bertz CT molecular complexity index is 719. The van der Waals surface area contributed by atoms with Crippen molar-refractivity contribution in [1.29, 1.82) is 0 Å². The van der Waals surface area contributed by atoms with E-state index in [4.69, 9.17) is 0 Å². The number of piperazine rings is 1. The maximum atomic E-state index is 4.44. The summed E-state index contributed by atoms with van der Waals surface area (Å²) in [5.41, 5.74) is 1.35. The zero-order chi connectivity index (χ0) is 18.2. The topological polar surface area (TPSA) is 56.7 Å². The first-order chi connectivity index (χ1) is 12.8. The van der Waals surface area contributed by atoms with Crippen molar-refractivity contribution in [1.82, 2.24) is 20.2 Å². The number of nitrogens with zero attached hydrogens (tertiary/aromatic N) is 5. The molecule has 2 aromatic rings. The fourth-order valence-electron chi connectivity index (χ4n) is 3.09. The summed E-state index contributed by atoms with van der Waals surface area (Å²) in [5, 5.41) is 3.49. The molecule has 1 aromatic carbocycles. The highest BCUT2D eigenvalue weighted by Gasteiger charge is 2.20. The summed E-state index contributed by atoms with van der Waals surface area (Å²) in [6.07, 6.45) is 5.72. The van der Waals surface area contributed by atoms with Crippen LogP contribution in [0.4, 0.5) is 5.95 Å². The molecule has 0 atom stereocenters. The lowest BCUT2D eigenvalue weighted by Crippen LogP contribution is -2.53. The molecule has 6 nitrogen and oxygen atoms in total. The van der Waals surface area contributed by atoms with Gasteiger partial charge in [-0.3, -0.25) is 4.99 Å². The van der Waals surface area contributed by atoms with Crippen molar-refractivity contribution in [2.45, 2.75) is 12.8 Å². The van der Waals surface area contributed by atoms with Crippen LogP contribution in [0.3, 0.4) is 0 Å². The molecule has 0 aliphatic carbocycles. The number of aryl methyl sites for hydroxylation is 1. The SMILES string of the molecule is CN=C(NCCCc1cccc(Br)c1)N1CCN(c2ncccn2)CC1.I. The second kappa shape index (κ2) is 11.4. The first-order valence-corrected chi connectivity index (χ1v) is 9.77. The number of hydrogen-bond acceptors (Lipinski definition) is 4. The van der Waals surface area contributed by atoms with Gasteiger partial charge in [0.1, 0.15) is 0 Å². The maximum absolute atomic E-state index is 4.44. The predicted octanol–water partition coefficient (Wildman–Crippen LogP) is 3.19. The first-order valence-electron chi connectivity index (χ1n) is 8.98. The highest BCUT2D eigenvalue weighted by molar-refractivity contribution is 14.0. The van der Waals surface area contributed by atoms with Gasteiger partial charge in [-0.05, 0) is 36.6 Å². The van der Waals surface area contributed by atoms with E-state index in [0.717, 1.165) is 61.9 Å². The summed E-state index contributed by atoms with van der Waals surface area (Å²) in [4.78, 5) is 17.6. The third kappa shape index (κ3) is 6.60. The minimum Gasteiger partial charge on any atom is -0.356 e. The molecule has 0 amide bonds. The van der Waals surface area contributed by atoms with Gasteiger partial charge in [-0.1, -0.05) is 28.1 Å². The van der Waals surface area contributed by atoms with Crippen molar-refractivity contribution in [3.05, 3.63) is 52.8 Å². The highest BCUT2D eigenvalue weighted by atomic mass is 127. The van der Waals surface area contributed by atoms with Crippen LogP contribution in [0.15, 0.2) is 52.2 Å². The summed E-state index contributed by atoms with van der Waals surface area (Å²) in [6.45, 7) is 4.57. The van der Waals surface area contributed by atoms with Crippen LogP contribution in [0.5, 0.6) is 0 Å². The fourth-order valence-corrected chi connectivity index (χ4v) is 3.54. The van der Waals surface area contributed by atoms with Crippen LogP contribution in [-0.2, 0) is 6.42 Å². The van der Waals surface area contributed by atoms with Gasteiger partial charge < -0.3 is 15.1 Å². The number of benzene rings is 1. The lowest BCUT2D eigenvalue weighted by Gasteiger charge is -2.36. The van der Waals surface area contributed by atoms with E-state index in [1.165, 1.54) is 5.56 Å². The monoisotopic (exact) mass is 544 g/mol. The molecular formula is C19H26BrIN6. The second-order valence-corrected chi connectivity index (χ2v) is 7.15. The van der Waals surface area contributed by atoms with Crippen LogP contribution in [0.1, 0.15) is 12.0 Å². The second-order valence-electron chi connectivity index (χ2n) is 6.23. The number of aliphatic imine (C=N–C) groups is 1. The van der Waals surface area contributed by atoms with Crippen molar-refractivity contribution in [2.24, 2.45) is 4.99 Å². The zero-order valence-corrected chi connectivity index (χ0v) is 19.4. The van der Waals surface area contributed by atoms with E-state index in [1.54, 1.807) is 12.4 Å². The first kappa shape index (κ1) is 21.9. The van der Waals surface area contributed by atoms with Crippen LogP contribution >= 0.6 is 39.9 Å². The molecule has 1 aliphatic heterocycles. The molecule has 146 valence electrons. The lowest BCUT2D eigenvalue weighted by molar-refractivity contribution is 0.370. The average molecular weight is 545 g/mol. The average Bonchev–Trinajstić information content (AvgIpc) is 2.69. The molecule has 8 heteroatoms. The third-order valence-corrected chi connectivity index (χ3v) is 4.93. The molecule has 1 saturated heterocycles. The quantitative estimate of drug-likeness (QED) is 0.271. The molecule has 3 rings (SSSR count). The Morgan fingerprint density at radius 1 is 1.15 bits per heavy atom. The van der Waals surface area contributed by atoms with Gasteiger partial charge in [-0.15, -0.1) is 24.0 Å². The molecular weight excluding hydrogens is 519 g/mol. The van der Waals surface area contributed by atoms with Crippen molar-refractivity contribution in [3.8, 4) is 0 Å². The molecule has 2 heterocycles. The summed E-state index contributed by atoms with van der Waals surface area (Å²) >= 11 is 3.53. The highest BCUT2D eigenvalue weighted by Crippen LogP contribution is 2.13. The van der Waals surface area contributed by atoms with Crippen LogP contribution < -0.4 is 10.2 Å². The van der Waals surface area contributed by atoms with Gasteiger partial charge in [0.05, 0.1) is 0 Å². The van der Waals surface area contributed by atoms with Crippen molar-refractivity contribution in [2.75, 3.05) is 44.7 Å². The van der Waals surface area contributed by atoms with E-state index in [0.29, 0.717) is 0 Å². The standard InChI is InChI=1S/C19H25BrN6.HI/c1-21-18(22-8-3-6-16-5-2-7-17(20)15-16)25-11-13-26(14-12-25)19-23-9-4-10-24-19;/h2,4-5,7,9-10,15H,3,6,8,11-14H2,1H3,(H,21,22);1H. The number of hydrogen-bond donors (Lipinski definition) is 1. The van der Waals surface area contributed by atoms with Crippen molar-refractivity contribution >= 4 is 51.8 Å². The van der Waals surface area contributed by atoms with Crippen LogP contribution in [0.25, 0.3) is 0 Å². The van der Waals surface area contributed by atoms with Gasteiger partial charge in [-0.25, -0.2) is 9.97 Å². The fraction of sp³-hybridized carbons (Fsp3) is 0.421. The van der Waals surface area contributed by atoms with E-state index in [9.17, 15) is 0 Å². The van der Waals surface area contributed by atoms with E-state index >= 15 is 0 Å². The predicted molar refractivity (Wildman–Crippen MR) is 125 cm³/mol. The Balaban J connectivity index is 0.00000261. The smallest absolute Gasteiger partial charge is 0.225 e. The Hall–Kier alpha value is -1.42. The number of guanidine groups is 1. The molecule has 1 aromatic heterocycles. The largest absolute Gasteiger partial charge is 0.356 e. The van der Waals surface area contributed by atoms with Gasteiger partial charge in [0, 0.05) is 56.6 Å². The van der Waals surface area contributed by atoms with Gasteiger partial charge in [0.2, 0.25) is 5.95 Å². The normalized spacial score (nSPS) is 14.7. The van der Waals surface area contributed by atoms with E-state index in [2.05, 4.69) is 70.3 Å². The lowest BCUT2D eigenvalue weighted by atomic mass is 10.1. The van der Waals surface area contributed by atoms with Crippen LogP contribution in [-0.4, -0.2) is 60.6 Å². The van der Waals surface area contributed by atoms with Crippen molar-refractivity contribution in [3.63, 3.8) is 0 Å². The molecule has 0 radical (unpaired) electrons. The molecule has 0 bridgehead atoms. The number of aromatic nitrogens is 2. The van der Waals surface area contributed by atoms with Crippen molar-refractivity contribution < 1.29 is 0 Å². The van der Waals surface area contributed by atoms with E-state index in [1.807, 2.05) is 13.1 Å². The van der Waals surface area contributed by atoms with Crippen LogP contribution in [0, 0.1) is 0 Å². The molecule has 0 saturated carbocycles. The van der Waals surface area contributed by atoms with Gasteiger partial charge in [0.15, 0.2) is 5.96 Å². The molecule has 0 unspecified atom stereocenters. The summed E-state index contributed by atoms with van der Waals surface area (Å²) in [6, 6.07) is 10.3. The summed E-state index contributed by atoms with van der Waals surface area (Å²) < 4.78 is 1.14. The molecule has 1 N–H and O–H groups in total. The van der Waals surface area contributed by atoms with E-state index < -0.39 is 0 Å². The molecule has 1 aliphatic rings. The number of rotatable bonds is 5. The van der Waals surface area contributed by atoms with Gasteiger partial charge >= 0.3 is 0 Å². The third-order valence-electron chi connectivity index (χ3n) is 4.44. The van der Waals surface area contributed by atoms with Crippen LogP contribution in [0.2, 0.25) is 0 Å². The molecule has 27 heavy (non-hydrogen) atoms. The summed E-state index contributed by atoms with van der Waals surface area (Å²) in [7, 11) is 1.85. The Morgan fingerprint density at radius 2 is 1.89 bits per heavy atom. The zero-order valence-electron chi connectivity index (χ0n) is 15.5. The number of halogens is 2. The summed E-state index contributed by atoms with van der Waals surface area (Å²) in [5.74, 6) is 1.79. The Kier molecular flexibility index (Phi) is 9.26. The number of nitrogens with one attached hydrogen (secondary N) is 1. The Morgan fingerprint density at radius 3 is 2.56 bits per heavy atom. The minimum absolute atomic E-state index is 0. The van der Waals surface area contributed by atoms with Gasteiger partial charge in [0.25, 0.3) is 0 Å². The number of anilines is 1. The Labute approximate surface area is 186 Å². The molecule has 1 fully saturated rings. The van der Waals surface area contributed by atoms with E-state index in [-0.39, 0.29) is 24.0 Å². The maximum Gasteiger partial charge on any atom is 0.225 e. The molecule has 0 spiro atoms.